The van der Waals surface area contributed by atoms with Crippen LogP contribution in [0.1, 0.15) is 25.6 Å². The molecule has 3 N–H and O–H groups in total. The molecular weight excluding hydrogens is 206 g/mol. The summed E-state index contributed by atoms with van der Waals surface area (Å²) in [7, 11) is 1.79. The van der Waals surface area contributed by atoms with E-state index in [0.717, 1.165) is 6.42 Å². The highest BCUT2D eigenvalue weighted by molar-refractivity contribution is 5.75. The van der Waals surface area contributed by atoms with Crippen molar-refractivity contribution in [1.82, 2.24) is 20.1 Å². The molecule has 1 atom stereocenters. The molecule has 1 heterocycles. The van der Waals surface area contributed by atoms with E-state index in [9.17, 15) is 4.79 Å². The second-order valence-electron chi connectivity index (χ2n) is 3.99. The van der Waals surface area contributed by atoms with Gasteiger partial charge in [0.25, 0.3) is 0 Å². The third kappa shape index (κ3) is 4.39. The Morgan fingerprint density at radius 1 is 1.69 bits per heavy atom. The van der Waals surface area contributed by atoms with Gasteiger partial charge in [0.2, 0.25) is 5.91 Å². The van der Waals surface area contributed by atoms with E-state index >= 15 is 0 Å². The van der Waals surface area contributed by atoms with E-state index < -0.39 is 0 Å². The predicted octanol–water partition coefficient (Wildman–Crippen LogP) is -0.194. The Hall–Kier alpha value is -1.43. The first kappa shape index (κ1) is 12.6. The SMILES string of the molecule is CC(CN)CCC(=O)NCc1ncn(C)n1. The summed E-state index contributed by atoms with van der Waals surface area (Å²) in [6.45, 7) is 3.04. The Balaban J connectivity index is 2.20. The molecule has 0 aliphatic rings. The summed E-state index contributed by atoms with van der Waals surface area (Å²) in [5.41, 5.74) is 5.47. The fourth-order valence-electron chi connectivity index (χ4n) is 1.23. The van der Waals surface area contributed by atoms with Crippen LogP contribution in [0.15, 0.2) is 6.33 Å². The molecule has 0 saturated heterocycles. The number of carbonyl (C=O) groups is 1. The number of hydrogen-bond donors (Lipinski definition) is 2. The number of nitrogens with one attached hydrogen (secondary N) is 1. The van der Waals surface area contributed by atoms with E-state index in [0.29, 0.717) is 31.3 Å². The Morgan fingerprint density at radius 3 is 3.00 bits per heavy atom. The number of rotatable bonds is 6. The molecule has 1 aromatic heterocycles. The molecule has 0 radical (unpaired) electrons. The second kappa shape index (κ2) is 6.22. The number of aromatic nitrogens is 3. The van der Waals surface area contributed by atoms with Crippen molar-refractivity contribution in [2.45, 2.75) is 26.3 Å². The first-order valence-corrected chi connectivity index (χ1v) is 5.43. The Morgan fingerprint density at radius 2 is 2.44 bits per heavy atom. The van der Waals surface area contributed by atoms with Gasteiger partial charge < -0.3 is 11.1 Å². The zero-order valence-corrected chi connectivity index (χ0v) is 9.81. The van der Waals surface area contributed by atoms with Crippen LogP contribution in [0.25, 0.3) is 0 Å². The Kier molecular flexibility index (Phi) is 4.91. The van der Waals surface area contributed by atoms with E-state index in [2.05, 4.69) is 15.4 Å². The minimum Gasteiger partial charge on any atom is -0.349 e. The molecule has 1 unspecified atom stereocenters. The maximum absolute atomic E-state index is 11.4. The molecule has 0 aliphatic heterocycles. The van der Waals surface area contributed by atoms with E-state index in [1.54, 1.807) is 18.1 Å². The van der Waals surface area contributed by atoms with Gasteiger partial charge in [-0.25, -0.2) is 4.98 Å². The average Bonchev–Trinajstić information content (AvgIpc) is 2.69. The van der Waals surface area contributed by atoms with Crippen LogP contribution in [0.2, 0.25) is 0 Å². The minimum atomic E-state index is 0.0211. The highest BCUT2D eigenvalue weighted by Gasteiger charge is 2.06. The van der Waals surface area contributed by atoms with Crippen molar-refractivity contribution < 1.29 is 4.79 Å². The molecule has 16 heavy (non-hydrogen) atoms. The molecule has 0 fully saturated rings. The van der Waals surface area contributed by atoms with Gasteiger partial charge in [-0.05, 0) is 18.9 Å². The van der Waals surface area contributed by atoms with Gasteiger partial charge in [-0.2, -0.15) is 5.10 Å². The molecule has 0 spiro atoms. The molecule has 1 amide bonds. The number of hydrogen-bond acceptors (Lipinski definition) is 4. The zero-order valence-electron chi connectivity index (χ0n) is 9.81. The van der Waals surface area contributed by atoms with Crippen molar-refractivity contribution in [2.75, 3.05) is 6.54 Å². The summed E-state index contributed by atoms with van der Waals surface area (Å²) in [5, 5.41) is 6.84. The Bertz CT molecular complexity index is 336. The lowest BCUT2D eigenvalue weighted by molar-refractivity contribution is -0.121. The number of amides is 1. The standard InChI is InChI=1S/C10H19N5O/c1-8(5-11)3-4-10(16)12-6-9-13-7-15(2)14-9/h7-8H,3-6,11H2,1-2H3,(H,12,16). The van der Waals surface area contributed by atoms with Gasteiger partial charge in [0, 0.05) is 13.5 Å². The van der Waals surface area contributed by atoms with Crippen molar-refractivity contribution in [1.29, 1.82) is 0 Å². The number of carbonyl (C=O) groups excluding carboxylic acids is 1. The summed E-state index contributed by atoms with van der Waals surface area (Å²) < 4.78 is 1.61. The molecule has 90 valence electrons. The maximum atomic E-state index is 11.4. The summed E-state index contributed by atoms with van der Waals surface area (Å²) in [5.74, 6) is 1.04. The minimum absolute atomic E-state index is 0.0211. The van der Waals surface area contributed by atoms with Crippen LogP contribution in [-0.2, 0) is 18.4 Å². The van der Waals surface area contributed by atoms with Crippen molar-refractivity contribution in [3.8, 4) is 0 Å². The third-order valence-electron chi connectivity index (χ3n) is 2.36. The summed E-state index contributed by atoms with van der Waals surface area (Å²) in [4.78, 5) is 15.4. The van der Waals surface area contributed by atoms with Gasteiger partial charge >= 0.3 is 0 Å². The van der Waals surface area contributed by atoms with Gasteiger partial charge in [0.05, 0.1) is 6.54 Å². The predicted molar refractivity (Wildman–Crippen MR) is 60.3 cm³/mol. The maximum Gasteiger partial charge on any atom is 0.220 e. The number of nitrogens with zero attached hydrogens (tertiary/aromatic N) is 3. The molecule has 6 heteroatoms. The second-order valence-corrected chi connectivity index (χ2v) is 3.99. The smallest absolute Gasteiger partial charge is 0.220 e. The number of aryl methyl sites for hydroxylation is 1. The highest BCUT2D eigenvalue weighted by atomic mass is 16.1. The largest absolute Gasteiger partial charge is 0.349 e. The van der Waals surface area contributed by atoms with Gasteiger partial charge in [-0.1, -0.05) is 6.92 Å². The van der Waals surface area contributed by atoms with E-state index in [4.69, 9.17) is 5.73 Å². The first-order valence-electron chi connectivity index (χ1n) is 5.43. The van der Waals surface area contributed by atoms with Crippen molar-refractivity contribution >= 4 is 5.91 Å². The van der Waals surface area contributed by atoms with Crippen LogP contribution in [0.4, 0.5) is 0 Å². The molecule has 0 aromatic carbocycles. The summed E-state index contributed by atoms with van der Waals surface area (Å²) >= 11 is 0. The highest BCUT2D eigenvalue weighted by Crippen LogP contribution is 2.02. The van der Waals surface area contributed by atoms with Gasteiger partial charge in [0.1, 0.15) is 6.33 Å². The fraction of sp³-hybridized carbons (Fsp3) is 0.700. The van der Waals surface area contributed by atoms with Crippen LogP contribution in [0, 0.1) is 5.92 Å². The summed E-state index contributed by atoms with van der Waals surface area (Å²) in [6.07, 6.45) is 2.93. The lowest BCUT2D eigenvalue weighted by Crippen LogP contribution is -2.24. The lowest BCUT2D eigenvalue weighted by atomic mass is 10.1. The van der Waals surface area contributed by atoms with Gasteiger partial charge in [0.15, 0.2) is 5.82 Å². The van der Waals surface area contributed by atoms with Crippen LogP contribution in [-0.4, -0.2) is 27.2 Å². The lowest BCUT2D eigenvalue weighted by Gasteiger charge is -2.07. The summed E-state index contributed by atoms with van der Waals surface area (Å²) in [6, 6.07) is 0. The van der Waals surface area contributed by atoms with Crippen molar-refractivity contribution in [3.63, 3.8) is 0 Å². The topological polar surface area (TPSA) is 85.8 Å². The van der Waals surface area contributed by atoms with Crippen LogP contribution in [0.3, 0.4) is 0 Å². The van der Waals surface area contributed by atoms with E-state index in [1.165, 1.54) is 0 Å². The molecule has 1 aromatic rings. The zero-order chi connectivity index (χ0) is 12.0. The van der Waals surface area contributed by atoms with Crippen molar-refractivity contribution in [3.05, 3.63) is 12.2 Å². The van der Waals surface area contributed by atoms with Crippen molar-refractivity contribution in [2.24, 2.45) is 18.7 Å². The quantitative estimate of drug-likeness (QED) is 0.702. The molecular formula is C10H19N5O. The molecule has 1 rings (SSSR count). The van der Waals surface area contributed by atoms with E-state index in [1.807, 2.05) is 6.92 Å². The van der Waals surface area contributed by atoms with Crippen LogP contribution in [0.5, 0.6) is 0 Å². The first-order chi connectivity index (χ1) is 7.61. The Labute approximate surface area is 95.2 Å². The molecule has 0 bridgehead atoms. The van der Waals surface area contributed by atoms with Gasteiger partial charge in [-0.15, -0.1) is 0 Å². The van der Waals surface area contributed by atoms with Crippen LogP contribution < -0.4 is 11.1 Å². The normalized spacial score (nSPS) is 12.4. The molecule has 0 saturated carbocycles. The van der Waals surface area contributed by atoms with Crippen LogP contribution >= 0.6 is 0 Å². The molecule has 6 nitrogen and oxygen atoms in total. The number of nitrogens with two attached hydrogens (primary N) is 1. The average molecular weight is 225 g/mol. The molecule has 0 aliphatic carbocycles. The van der Waals surface area contributed by atoms with Gasteiger partial charge in [-0.3, -0.25) is 9.48 Å². The fourth-order valence-corrected chi connectivity index (χ4v) is 1.23. The monoisotopic (exact) mass is 225 g/mol. The van der Waals surface area contributed by atoms with E-state index in [-0.39, 0.29) is 5.91 Å². The third-order valence-corrected chi connectivity index (χ3v) is 2.36.